The number of hydrogen-bond donors (Lipinski definition) is 2. The maximum atomic E-state index is 12.9. The molecule has 0 spiro atoms. The van der Waals surface area contributed by atoms with Gasteiger partial charge in [0.15, 0.2) is 5.78 Å². The van der Waals surface area contributed by atoms with Gasteiger partial charge in [-0.3, -0.25) is 9.69 Å². The van der Waals surface area contributed by atoms with Crippen molar-refractivity contribution < 1.29 is 33.7 Å². The molecule has 1 heterocycles. The van der Waals surface area contributed by atoms with Crippen LogP contribution in [0.1, 0.15) is 29.6 Å². The quantitative estimate of drug-likeness (QED) is 0.432. The molecule has 0 atom stereocenters. The number of ketones is 1. The predicted octanol–water partition coefficient (Wildman–Crippen LogP) is 4.17. The first kappa shape index (κ1) is 25.5. The van der Waals surface area contributed by atoms with Gasteiger partial charge < -0.3 is 14.9 Å². The molecule has 2 aromatic rings. The average molecular weight is 455 g/mol. The molecule has 0 aromatic heterocycles. The summed E-state index contributed by atoms with van der Waals surface area (Å²) in [5.74, 6) is -0.993. The van der Waals surface area contributed by atoms with Crippen molar-refractivity contribution >= 4 is 17.7 Å². The lowest BCUT2D eigenvalue weighted by atomic mass is 10.1. The Hall–Kier alpha value is -3.78. The van der Waals surface area contributed by atoms with Gasteiger partial charge in [0.05, 0.1) is 0 Å². The number of hydrogen-bond acceptors (Lipinski definition) is 5. The van der Waals surface area contributed by atoms with E-state index in [2.05, 4.69) is 11.0 Å². The molecule has 2 N–H and O–H groups in total. The van der Waals surface area contributed by atoms with Gasteiger partial charge in [-0.1, -0.05) is 30.3 Å². The summed E-state index contributed by atoms with van der Waals surface area (Å²) in [4.78, 5) is 33.5. The molecule has 0 radical (unpaired) electrons. The van der Waals surface area contributed by atoms with Crippen molar-refractivity contribution in [1.82, 2.24) is 4.90 Å². The molecule has 3 rings (SSSR count). The van der Waals surface area contributed by atoms with Crippen LogP contribution in [0.4, 0.5) is 4.39 Å². The summed E-state index contributed by atoms with van der Waals surface area (Å²) < 4.78 is 18.7. The number of carboxylic acid groups (broad SMARTS) is 2. The maximum absolute atomic E-state index is 12.9. The minimum Gasteiger partial charge on any atom is -0.478 e. The van der Waals surface area contributed by atoms with Crippen molar-refractivity contribution in [3.63, 3.8) is 0 Å². The molecule has 0 amide bonds. The molecule has 0 fully saturated rings. The third kappa shape index (κ3) is 10.4. The van der Waals surface area contributed by atoms with Gasteiger partial charge in [0.25, 0.3) is 0 Å². The van der Waals surface area contributed by atoms with E-state index in [0.29, 0.717) is 24.3 Å². The number of Topliss-reactive ketones (excluding diaryl/α,β-unsaturated/α-hetero) is 1. The molecule has 0 saturated carbocycles. The largest absolute Gasteiger partial charge is 0.478 e. The minimum absolute atomic E-state index is 0.202. The zero-order chi connectivity index (χ0) is 24.1. The third-order valence-electron chi connectivity index (χ3n) is 4.66. The van der Waals surface area contributed by atoms with Gasteiger partial charge in [-0.25, -0.2) is 14.0 Å². The Morgan fingerprint density at radius 1 is 0.970 bits per heavy atom. The number of benzene rings is 2. The summed E-state index contributed by atoms with van der Waals surface area (Å²) in [5.41, 5.74) is 0.788. The highest BCUT2D eigenvalue weighted by Gasteiger charge is 2.14. The van der Waals surface area contributed by atoms with Crippen molar-refractivity contribution in [3.8, 4) is 5.75 Å². The zero-order valence-electron chi connectivity index (χ0n) is 18.0. The highest BCUT2D eigenvalue weighted by atomic mass is 19.1. The Labute approximate surface area is 191 Å². The topological polar surface area (TPSA) is 104 Å². The third-order valence-corrected chi connectivity index (χ3v) is 4.66. The lowest BCUT2D eigenvalue weighted by molar-refractivity contribution is -0.134. The molecule has 1 aliphatic heterocycles. The second kappa shape index (κ2) is 13.6. The fourth-order valence-corrected chi connectivity index (χ4v) is 3.02. The van der Waals surface area contributed by atoms with Crippen LogP contribution in [0.15, 0.2) is 78.6 Å². The monoisotopic (exact) mass is 455 g/mol. The molecule has 0 bridgehead atoms. The van der Waals surface area contributed by atoms with Crippen LogP contribution in [-0.2, 0) is 9.59 Å². The standard InChI is InChI=1S/C21H22FNO2.C4H4O4/c22-18-8-10-19(11-9-18)25-20-12-15-23(16-13-20)14-4-7-21(24)17-5-2-1-3-6-17;5-3(6)1-2-4(7)8/h1-3,5-6,8-12H,4,7,13-16H2;1-2H,(H,5,6)(H,7,8)/b;2-1+. The molecule has 2 aromatic carbocycles. The summed E-state index contributed by atoms with van der Waals surface area (Å²) in [6, 6.07) is 15.5. The van der Waals surface area contributed by atoms with Gasteiger partial charge >= 0.3 is 11.9 Å². The van der Waals surface area contributed by atoms with E-state index in [1.165, 1.54) is 12.1 Å². The number of aliphatic carboxylic acids is 2. The molecule has 8 heteroatoms. The van der Waals surface area contributed by atoms with Crippen LogP contribution < -0.4 is 4.74 Å². The first-order valence-corrected chi connectivity index (χ1v) is 10.4. The highest BCUT2D eigenvalue weighted by molar-refractivity contribution is 5.95. The first-order valence-electron chi connectivity index (χ1n) is 10.4. The summed E-state index contributed by atoms with van der Waals surface area (Å²) in [7, 11) is 0. The van der Waals surface area contributed by atoms with Crippen LogP contribution in [-0.4, -0.2) is 52.5 Å². The maximum Gasteiger partial charge on any atom is 0.328 e. The van der Waals surface area contributed by atoms with Crippen LogP contribution in [0.2, 0.25) is 0 Å². The van der Waals surface area contributed by atoms with E-state index in [0.717, 1.165) is 43.8 Å². The van der Waals surface area contributed by atoms with Crippen LogP contribution in [0, 0.1) is 5.82 Å². The number of ether oxygens (including phenoxy) is 1. The molecule has 174 valence electrons. The predicted molar refractivity (Wildman–Crippen MR) is 121 cm³/mol. The van der Waals surface area contributed by atoms with Gasteiger partial charge in [0.1, 0.15) is 17.3 Å². The van der Waals surface area contributed by atoms with E-state index in [9.17, 15) is 18.8 Å². The van der Waals surface area contributed by atoms with Gasteiger partial charge in [-0.2, -0.15) is 0 Å². The summed E-state index contributed by atoms with van der Waals surface area (Å²) in [6.07, 6.45) is 5.43. The molecule has 0 aliphatic carbocycles. The van der Waals surface area contributed by atoms with Crippen LogP contribution in [0.5, 0.6) is 5.75 Å². The Balaban J connectivity index is 0.000000414. The number of halogens is 1. The second-order valence-corrected chi connectivity index (χ2v) is 7.18. The van der Waals surface area contributed by atoms with Gasteiger partial charge in [0.2, 0.25) is 0 Å². The number of carboxylic acids is 2. The minimum atomic E-state index is -1.26. The number of carbonyl (C=O) groups is 3. The molecule has 7 nitrogen and oxygen atoms in total. The Bertz CT molecular complexity index is 970. The van der Waals surface area contributed by atoms with Crippen molar-refractivity contribution in [1.29, 1.82) is 0 Å². The van der Waals surface area contributed by atoms with Crippen molar-refractivity contribution in [2.75, 3.05) is 19.6 Å². The molecule has 0 unspecified atom stereocenters. The number of rotatable bonds is 9. The Kier molecular flexibility index (Phi) is 10.5. The lowest BCUT2D eigenvalue weighted by Gasteiger charge is -2.26. The van der Waals surface area contributed by atoms with Gasteiger partial charge in [-0.15, -0.1) is 0 Å². The summed E-state index contributed by atoms with van der Waals surface area (Å²) in [5, 5.41) is 15.6. The fourth-order valence-electron chi connectivity index (χ4n) is 3.02. The van der Waals surface area contributed by atoms with E-state index >= 15 is 0 Å². The zero-order valence-corrected chi connectivity index (χ0v) is 18.0. The van der Waals surface area contributed by atoms with Crippen LogP contribution in [0.25, 0.3) is 0 Å². The normalized spacial score (nSPS) is 13.5. The highest BCUT2D eigenvalue weighted by Crippen LogP contribution is 2.19. The average Bonchev–Trinajstić information content (AvgIpc) is 2.81. The van der Waals surface area contributed by atoms with Crippen molar-refractivity contribution in [2.45, 2.75) is 19.3 Å². The van der Waals surface area contributed by atoms with Gasteiger partial charge in [0, 0.05) is 43.6 Å². The van der Waals surface area contributed by atoms with E-state index < -0.39 is 11.9 Å². The molecule has 33 heavy (non-hydrogen) atoms. The first-order chi connectivity index (χ1) is 15.8. The summed E-state index contributed by atoms with van der Waals surface area (Å²) >= 11 is 0. The van der Waals surface area contributed by atoms with Crippen molar-refractivity contribution in [2.24, 2.45) is 0 Å². The van der Waals surface area contributed by atoms with E-state index in [1.807, 2.05) is 30.3 Å². The second-order valence-electron chi connectivity index (χ2n) is 7.18. The molecular weight excluding hydrogens is 429 g/mol. The van der Waals surface area contributed by atoms with Crippen LogP contribution in [0.3, 0.4) is 0 Å². The van der Waals surface area contributed by atoms with Gasteiger partial charge in [-0.05, 0) is 43.3 Å². The number of nitrogens with zero attached hydrogens (tertiary/aromatic N) is 1. The van der Waals surface area contributed by atoms with E-state index in [4.69, 9.17) is 14.9 Å². The number of carbonyl (C=O) groups excluding carboxylic acids is 1. The van der Waals surface area contributed by atoms with E-state index in [1.54, 1.807) is 12.1 Å². The smallest absolute Gasteiger partial charge is 0.328 e. The summed E-state index contributed by atoms with van der Waals surface area (Å²) in [6.45, 7) is 2.63. The molecule has 1 aliphatic rings. The SMILES string of the molecule is O=C(CCCN1CC=C(Oc2ccc(F)cc2)CC1)c1ccccc1.O=C(O)/C=C/C(=O)O. The van der Waals surface area contributed by atoms with Crippen LogP contribution >= 0.6 is 0 Å². The lowest BCUT2D eigenvalue weighted by Crippen LogP contribution is -2.30. The van der Waals surface area contributed by atoms with E-state index in [-0.39, 0.29) is 11.6 Å². The Morgan fingerprint density at radius 3 is 2.15 bits per heavy atom. The fraction of sp³-hybridized carbons (Fsp3) is 0.240. The molecular formula is C25H26FNO6. The Morgan fingerprint density at radius 2 is 1.61 bits per heavy atom. The molecule has 0 saturated heterocycles. The van der Waals surface area contributed by atoms with Crippen molar-refractivity contribution in [3.05, 3.63) is 90.0 Å².